The monoisotopic (exact) mass is 382 g/mol. The van der Waals surface area contributed by atoms with Gasteiger partial charge >= 0.3 is 0 Å². The molecule has 0 radical (unpaired) electrons. The van der Waals surface area contributed by atoms with Gasteiger partial charge in [0.25, 0.3) is 0 Å². The van der Waals surface area contributed by atoms with Gasteiger partial charge in [0, 0.05) is 12.8 Å². The van der Waals surface area contributed by atoms with Crippen LogP contribution >= 0.6 is 22.6 Å². The third-order valence-electron chi connectivity index (χ3n) is 5.01. The van der Waals surface area contributed by atoms with Crippen LogP contribution in [0.3, 0.4) is 0 Å². The molecule has 3 rings (SSSR count). The van der Waals surface area contributed by atoms with Crippen LogP contribution < -0.4 is 0 Å². The molecule has 0 bridgehead atoms. The Hall–Kier alpha value is 0.570. The van der Waals surface area contributed by atoms with Crippen molar-refractivity contribution in [2.75, 3.05) is 30.9 Å². The molecule has 0 aromatic heterocycles. The Morgan fingerprint density at radius 3 is 1.79 bits per heavy atom. The van der Waals surface area contributed by atoms with Crippen LogP contribution in [0.15, 0.2) is 0 Å². The minimum Gasteiger partial charge on any atom is -0.347 e. The molecule has 0 aromatic carbocycles. The number of hydrogen-bond acceptors (Lipinski definition) is 4. The average Bonchev–Trinajstić information content (AvgIpc) is 3.05. The molecule has 2 spiro atoms. The van der Waals surface area contributed by atoms with Gasteiger partial charge in [-0.15, -0.1) is 0 Å². The van der Waals surface area contributed by atoms with Crippen LogP contribution in [0.1, 0.15) is 39.0 Å². The summed E-state index contributed by atoms with van der Waals surface area (Å²) >= 11 is 2.43. The molecule has 110 valence electrons. The van der Waals surface area contributed by atoms with Crippen molar-refractivity contribution < 1.29 is 18.9 Å². The normalized spacial score (nSPS) is 31.3. The first-order valence-electron chi connectivity index (χ1n) is 7.30. The fourth-order valence-corrected chi connectivity index (χ4v) is 4.41. The van der Waals surface area contributed by atoms with Gasteiger partial charge in [-0.05, 0) is 30.6 Å². The first-order chi connectivity index (χ1) is 9.18. The van der Waals surface area contributed by atoms with E-state index in [2.05, 4.69) is 29.5 Å². The molecule has 2 aliphatic heterocycles. The van der Waals surface area contributed by atoms with Crippen molar-refractivity contribution in [2.45, 2.75) is 50.6 Å². The lowest BCUT2D eigenvalue weighted by Gasteiger charge is -2.56. The Labute approximate surface area is 128 Å². The van der Waals surface area contributed by atoms with E-state index >= 15 is 0 Å². The maximum absolute atomic E-state index is 6.10. The Kier molecular flexibility index (Phi) is 4.13. The van der Waals surface area contributed by atoms with Gasteiger partial charge in [-0.2, -0.15) is 0 Å². The summed E-state index contributed by atoms with van der Waals surface area (Å²) < 4.78 is 25.5. The van der Waals surface area contributed by atoms with Crippen LogP contribution in [0.5, 0.6) is 0 Å². The topological polar surface area (TPSA) is 36.9 Å². The number of halogens is 1. The van der Waals surface area contributed by atoms with Gasteiger partial charge in [0.2, 0.25) is 0 Å². The smallest absolute Gasteiger partial charge is 0.178 e. The fourth-order valence-electron chi connectivity index (χ4n) is 4.03. The zero-order valence-electron chi connectivity index (χ0n) is 11.6. The molecule has 2 heterocycles. The molecule has 0 N–H and O–H groups in total. The number of alkyl halides is 1. The predicted molar refractivity (Wildman–Crippen MR) is 79.3 cm³/mol. The molecule has 19 heavy (non-hydrogen) atoms. The van der Waals surface area contributed by atoms with E-state index in [1.807, 2.05) is 0 Å². The van der Waals surface area contributed by atoms with Crippen molar-refractivity contribution in [3.8, 4) is 0 Å². The largest absolute Gasteiger partial charge is 0.347 e. The summed E-state index contributed by atoms with van der Waals surface area (Å²) in [6.45, 7) is 5.01. The molecule has 0 atom stereocenters. The lowest BCUT2D eigenvalue weighted by molar-refractivity contribution is -0.363. The third-order valence-corrected chi connectivity index (χ3v) is 5.77. The van der Waals surface area contributed by atoms with Gasteiger partial charge in [0.15, 0.2) is 11.6 Å². The molecule has 2 saturated heterocycles. The van der Waals surface area contributed by atoms with E-state index in [1.165, 1.54) is 0 Å². The van der Waals surface area contributed by atoms with Crippen molar-refractivity contribution >= 4 is 22.6 Å². The van der Waals surface area contributed by atoms with Crippen LogP contribution in [-0.4, -0.2) is 42.4 Å². The molecular formula is C14H23IO4. The molecule has 1 saturated carbocycles. The molecule has 0 unspecified atom stereocenters. The quantitative estimate of drug-likeness (QED) is 0.556. The number of ether oxygens (including phenoxy) is 4. The predicted octanol–water partition coefficient (Wildman–Crippen LogP) is 2.88. The fraction of sp³-hybridized carbons (Fsp3) is 1.00. The second kappa shape index (κ2) is 5.40. The number of rotatable bonds is 3. The van der Waals surface area contributed by atoms with Crippen molar-refractivity contribution in [2.24, 2.45) is 5.41 Å². The molecule has 0 aromatic rings. The average molecular weight is 382 g/mol. The van der Waals surface area contributed by atoms with Crippen molar-refractivity contribution in [1.29, 1.82) is 0 Å². The van der Waals surface area contributed by atoms with Gasteiger partial charge in [0.05, 0.1) is 31.8 Å². The van der Waals surface area contributed by atoms with Crippen LogP contribution in [0.25, 0.3) is 0 Å². The standard InChI is InChI=1S/C14H23IO4/c1-12(4-3-7-15)13(16-8-9-17-13)5-2-6-14(12)18-10-11-19-14/h2-11H2,1H3. The number of hydrogen-bond donors (Lipinski definition) is 0. The minimum absolute atomic E-state index is 0.212. The van der Waals surface area contributed by atoms with Crippen LogP contribution in [0, 0.1) is 5.41 Å². The zero-order chi connectivity index (χ0) is 13.4. The van der Waals surface area contributed by atoms with Gasteiger partial charge in [-0.25, -0.2) is 0 Å². The van der Waals surface area contributed by atoms with Crippen molar-refractivity contribution in [3.63, 3.8) is 0 Å². The minimum atomic E-state index is -0.499. The molecule has 3 aliphatic rings. The molecule has 0 amide bonds. The highest BCUT2D eigenvalue weighted by molar-refractivity contribution is 14.1. The van der Waals surface area contributed by atoms with Gasteiger partial charge in [-0.1, -0.05) is 22.6 Å². The summed E-state index contributed by atoms with van der Waals surface area (Å²) in [5.41, 5.74) is -0.212. The molecule has 4 nitrogen and oxygen atoms in total. The molecule has 3 fully saturated rings. The molecule has 5 heteroatoms. The summed E-state index contributed by atoms with van der Waals surface area (Å²) in [4.78, 5) is 0. The summed E-state index contributed by atoms with van der Waals surface area (Å²) in [6, 6.07) is 0. The molecule has 1 aliphatic carbocycles. The van der Waals surface area contributed by atoms with Crippen molar-refractivity contribution in [3.05, 3.63) is 0 Å². The Balaban J connectivity index is 1.95. The maximum atomic E-state index is 6.10. The maximum Gasteiger partial charge on any atom is 0.178 e. The zero-order valence-corrected chi connectivity index (χ0v) is 13.7. The van der Waals surface area contributed by atoms with Crippen LogP contribution in [-0.2, 0) is 18.9 Å². The van der Waals surface area contributed by atoms with E-state index in [0.717, 1.165) is 36.5 Å². The summed E-state index contributed by atoms with van der Waals surface area (Å²) in [5.74, 6) is -0.997. The van der Waals surface area contributed by atoms with Crippen LogP contribution in [0.2, 0.25) is 0 Å². The second-order valence-corrected chi connectivity index (χ2v) is 6.96. The highest BCUT2D eigenvalue weighted by Crippen LogP contribution is 2.59. The van der Waals surface area contributed by atoms with E-state index < -0.39 is 11.6 Å². The van der Waals surface area contributed by atoms with E-state index in [1.54, 1.807) is 0 Å². The Morgan fingerprint density at radius 2 is 1.37 bits per heavy atom. The van der Waals surface area contributed by atoms with Gasteiger partial charge in [0.1, 0.15) is 0 Å². The second-order valence-electron chi connectivity index (χ2n) is 5.88. The lowest BCUT2D eigenvalue weighted by Crippen LogP contribution is -2.64. The SMILES string of the molecule is CC1(CCCI)C2(CCCC13OCCO3)OCCO2. The van der Waals surface area contributed by atoms with Gasteiger partial charge in [-0.3, -0.25) is 0 Å². The Morgan fingerprint density at radius 1 is 0.895 bits per heavy atom. The summed E-state index contributed by atoms with van der Waals surface area (Å²) in [7, 11) is 0. The highest BCUT2D eigenvalue weighted by Gasteiger charge is 2.67. The molecular weight excluding hydrogens is 359 g/mol. The van der Waals surface area contributed by atoms with E-state index in [9.17, 15) is 0 Å². The Bertz CT molecular complexity index is 297. The van der Waals surface area contributed by atoms with E-state index in [4.69, 9.17) is 18.9 Å². The van der Waals surface area contributed by atoms with Crippen LogP contribution in [0.4, 0.5) is 0 Å². The summed E-state index contributed by atoms with van der Waals surface area (Å²) in [6.07, 6.45) is 5.12. The summed E-state index contributed by atoms with van der Waals surface area (Å²) in [5, 5.41) is 0. The van der Waals surface area contributed by atoms with Crippen molar-refractivity contribution in [1.82, 2.24) is 0 Å². The first kappa shape index (κ1) is 14.5. The van der Waals surface area contributed by atoms with E-state index in [-0.39, 0.29) is 5.41 Å². The lowest BCUT2D eigenvalue weighted by atomic mass is 9.63. The third kappa shape index (κ3) is 2.08. The highest BCUT2D eigenvalue weighted by atomic mass is 127. The van der Waals surface area contributed by atoms with Gasteiger partial charge < -0.3 is 18.9 Å². The van der Waals surface area contributed by atoms with E-state index in [0.29, 0.717) is 26.4 Å². The first-order valence-corrected chi connectivity index (χ1v) is 8.82.